The second-order valence-electron chi connectivity index (χ2n) is 4.62. The predicted molar refractivity (Wildman–Crippen MR) is 71.5 cm³/mol. The molecule has 1 aliphatic heterocycles. The van der Waals surface area contributed by atoms with Crippen LogP contribution in [0.4, 0.5) is 0 Å². The van der Waals surface area contributed by atoms with Crippen LogP contribution in [0.15, 0.2) is 10.2 Å². The van der Waals surface area contributed by atoms with Gasteiger partial charge in [0.1, 0.15) is 0 Å². The van der Waals surface area contributed by atoms with Crippen molar-refractivity contribution in [3.63, 3.8) is 0 Å². The Balaban J connectivity index is 1.77. The second-order valence-corrected chi connectivity index (χ2v) is 5.46. The SMILES string of the molecule is CCN1CCCC(NCc2csc(=O)[nH]2)CC1. The Bertz CT molecular complexity index is 387. The standard InChI is InChI=1S/C12H21N3OS/c1-2-15-6-3-4-10(5-7-15)13-8-11-9-17-12(16)14-11/h9-10,13H,2-8H2,1H3,(H,14,16). The number of H-pyrrole nitrogens is 1. The third-order valence-corrected chi connectivity index (χ3v) is 4.14. The highest BCUT2D eigenvalue weighted by molar-refractivity contribution is 7.07. The molecule has 0 aromatic carbocycles. The maximum absolute atomic E-state index is 11.0. The smallest absolute Gasteiger partial charge is 0.304 e. The van der Waals surface area contributed by atoms with Crippen molar-refractivity contribution in [1.82, 2.24) is 15.2 Å². The van der Waals surface area contributed by atoms with Crippen LogP contribution < -0.4 is 10.2 Å². The normalized spacial score (nSPS) is 22.5. The zero-order valence-corrected chi connectivity index (χ0v) is 11.2. The molecule has 0 spiro atoms. The second kappa shape index (κ2) is 6.33. The van der Waals surface area contributed by atoms with Crippen molar-refractivity contribution in [3.05, 3.63) is 20.7 Å². The van der Waals surface area contributed by atoms with E-state index in [2.05, 4.69) is 22.1 Å². The molecule has 1 fully saturated rings. The van der Waals surface area contributed by atoms with Crippen LogP contribution >= 0.6 is 11.3 Å². The van der Waals surface area contributed by atoms with Gasteiger partial charge in [-0.1, -0.05) is 18.3 Å². The van der Waals surface area contributed by atoms with Gasteiger partial charge in [0.25, 0.3) is 0 Å². The van der Waals surface area contributed by atoms with Crippen molar-refractivity contribution in [2.45, 2.75) is 38.8 Å². The first-order valence-corrected chi connectivity index (χ1v) is 7.28. The third kappa shape index (κ3) is 3.94. The molecular weight excluding hydrogens is 234 g/mol. The largest absolute Gasteiger partial charge is 0.315 e. The first-order chi connectivity index (χ1) is 8.28. The lowest BCUT2D eigenvalue weighted by atomic mass is 10.1. The van der Waals surface area contributed by atoms with E-state index in [1.54, 1.807) is 0 Å². The Morgan fingerprint density at radius 1 is 1.53 bits per heavy atom. The summed E-state index contributed by atoms with van der Waals surface area (Å²) in [5, 5.41) is 5.45. The van der Waals surface area contributed by atoms with Gasteiger partial charge in [-0.05, 0) is 38.9 Å². The average molecular weight is 255 g/mol. The highest BCUT2D eigenvalue weighted by atomic mass is 32.1. The molecule has 0 amide bonds. The van der Waals surface area contributed by atoms with Crippen LogP contribution in [0.3, 0.4) is 0 Å². The molecule has 2 N–H and O–H groups in total. The Kier molecular flexibility index (Phi) is 4.76. The molecule has 1 unspecified atom stereocenters. The fourth-order valence-corrected chi connectivity index (χ4v) is 2.91. The van der Waals surface area contributed by atoms with Crippen molar-refractivity contribution >= 4 is 11.3 Å². The van der Waals surface area contributed by atoms with E-state index in [1.165, 1.54) is 43.7 Å². The third-order valence-electron chi connectivity index (χ3n) is 3.42. The molecule has 1 atom stereocenters. The fourth-order valence-electron chi connectivity index (χ4n) is 2.33. The number of rotatable bonds is 4. The first-order valence-electron chi connectivity index (χ1n) is 6.40. The van der Waals surface area contributed by atoms with Gasteiger partial charge in [0.05, 0.1) is 0 Å². The van der Waals surface area contributed by atoms with Gasteiger partial charge in [-0.15, -0.1) is 0 Å². The van der Waals surface area contributed by atoms with Crippen LogP contribution in [0.1, 0.15) is 31.9 Å². The van der Waals surface area contributed by atoms with E-state index >= 15 is 0 Å². The van der Waals surface area contributed by atoms with Crippen molar-refractivity contribution in [2.75, 3.05) is 19.6 Å². The van der Waals surface area contributed by atoms with Crippen LogP contribution in [-0.4, -0.2) is 35.6 Å². The lowest BCUT2D eigenvalue weighted by molar-refractivity contribution is 0.297. The molecule has 1 aliphatic rings. The molecule has 0 radical (unpaired) electrons. The molecule has 4 nitrogen and oxygen atoms in total. The van der Waals surface area contributed by atoms with E-state index < -0.39 is 0 Å². The number of thiazole rings is 1. The zero-order valence-electron chi connectivity index (χ0n) is 10.4. The van der Waals surface area contributed by atoms with Gasteiger partial charge >= 0.3 is 4.87 Å². The molecule has 17 heavy (non-hydrogen) atoms. The molecule has 5 heteroatoms. The van der Waals surface area contributed by atoms with Crippen LogP contribution in [-0.2, 0) is 6.54 Å². The predicted octanol–water partition coefficient (Wildman–Crippen LogP) is 1.40. The minimum Gasteiger partial charge on any atom is -0.315 e. The first kappa shape index (κ1) is 12.8. The van der Waals surface area contributed by atoms with E-state index in [0.29, 0.717) is 6.04 Å². The molecule has 1 aromatic rings. The number of likely N-dealkylation sites (tertiary alicyclic amines) is 1. The average Bonchev–Trinajstić information content (AvgIpc) is 2.63. The number of nitrogens with one attached hydrogen (secondary N) is 2. The molecule has 96 valence electrons. The van der Waals surface area contributed by atoms with E-state index in [0.717, 1.165) is 18.8 Å². The lowest BCUT2D eigenvalue weighted by Crippen LogP contribution is -2.30. The van der Waals surface area contributed by atoms with Gasteiger partial charge in [-0.3, -0.25) is 4.79 Å². The van der Waals surface area contributed by atoms with Crippen molar-refractivity contribution in [1.29, 1.82) is 0 Å². The molecule has 0 aliphatic carbocycles. The van der Waals surface area contributed by atoms with Crippen LogP contribution in [0.5, 0.6) is 0 Å². The van der Waals surface area contributed by atoms with E-state index in [4.69, 9.17) is 0 Å². The van der Waals surface area contributed by atoms with Crippen LogP contribution in [0.25, 0.3) is 0 Å². The Hall–Kier alpha value is -0.650. The Labute approximate surface area is 106 Å². The lowest BCUT2D eigenvalue weighted by Gasteiger charge is -2.18. The molecule has 2 rings (SSSR count). The monoisotopic (exact) mass is 255 g/mol. The highest BCUT2D eigenvalue weighted by Gasteiger charge is 2.15. The molecule has 1 aromatic heterocycles. The maximum Gasteiger partial charge on any atom is 0.304 e. The van der Waals surface area contributed by atoms with E-state index in [1.807, 2.05) is 5.38 Å². The summed E-state index contributed by atoms with van der Waals surface area (Å²) in [5.41, 5.74) is 1.01. The van der Waals surface area contributed by atoms with Gasteiger partial charge in [0.15, 0.2) is 0 Å². The number of hydrogen-bond donors (Lipinski definition) is 2. The summed E-state index contributed by atoms with van der Waals surface area (Å²) in [7, 11) is 0. The minimum atomic E-state index is 0.0415. The van der Waals surface area contributed by atoms with Crippen LogP contribution in [0, 0.1) is 0 Å². The quantitative estimate of drug-likeness (QED) is 0.855. The summed E-state index contributed by atoms with van der Waals surface area (Å²) < 4.78 is 0. The van der Waals surface area contributed by atoms with Gasteiger partial charge in [0, 0.05) is 23.7 Å². The highest BCUT2D eigenvalue weighted by Crippen LogP contribution is 2.11. The summed E-state index contributed by atoms with van der Waals surface area (Å²) in [6.07, 6.45) is 3.72. The molecular formula is C12H21N3OS. The Morgan fingerprint density at radius 2 is 2.41 bits per heavy atom. The number of nitrogens with zero attached hydrogens (tertiary/aromatic N) is 1. The minimum absolute atomic E-state index is 0.0415. The van der Waals surface area contributed by atoms with Gasteiger partial charge in [-0.2, -0.15) is 0 Å². The molecule has 0 saturated carbocycles. The van der Waals surface area contributed by atoms with Crippen molar-refractivity contribution in [2.24, 2.45) is 0 Å². The topological polar surface area (TPSA) is 48.1 Å². The summed E-state index contributed by atoms with van der Waals surface area (Å²) in [4.78, 5) is 16.4. The zero-order chi connectivity index (χ0) is 12.1. The summed E-state index contributed by atoms with van der Waals surface area (Å²) in [6.45, 7) is 6.59. The van der Waals surface area contributed by atoms with Gasteiger partial charge in [0.2, 0.25) is 0 Å². The maximum atomic E-state index is 11.0. The van der Waals surface area contributed by atoms with E-state index in [9.17, 15) is 4.79 Å². The Morgan fingerprint density at radius 3 is 3.12 bits per heavy atom. The summed E-state index contributed by atoms with van der Waals surface area (Å²) in [5.74, 6) is 0. The van der Waals surface area contributed by atoms with E-state index in [-0.39, 0.29) is 4.87 Å². The number of aromatic amines is 1. The molecule has 1 saturated heterocycles. The van der Waals surface area contributed by atoms with Gasteiger partial charge < -0.3 is 15.2 Å². The fraction of sp³-hybridized carbons (Fsp3) is 0.750. The molecule has 2 heterocycles. The van der Waals surface area contributed by atoms with Crippen molar-refractivity contribution in [3.8, 4) is 0 Å². The van der Waals surface area contributed by atoms with Crippen LogP contribution in [0.2, 0.25) is 0 Å². The molecule has 0 bridgehead atoms. The van der Waals surface area contributed by atoms with Gasteiger partial charge in [-0.25, -0.2) is 0 Å². The number of aromatic nitrogens is 1. The summed E-state index contributed by atoms with van der Waals surface area (Å²) in [6, 6.07) is 0.593. The summed E-state index contributed by atoms with van der Waals surface area (Å²) >= 11 is 1.24. The number of hydrogen-bond acceptors (Lipinski definition) is 4. The van der Waals surface area contributed by atoms with Crippen molar-refractivity contribution < 1.29 is 0 Å².